The van der Waals surface area contributed by atoms with Gasteiger partial charge in [0.25, 0.3) is 0 Å². The summed E-state index contributed by atoms with van der Waals surface area (Å²) >= 11 is 5.76. The lowest BCUT2D eigenvalue weighted by Crippen LogP contribution is -2.60. The van der Waals surface area contributed by atoms with Gasteiger partial charge >= 0.3 is 0 Å². The van der Waals surface area contributed by atoms with Crippen LogP contribution in [0.2, 0.25) is 5.02 Å². The molecular weight excluding hydrogens is 274 g/mol. The highest BCUT2D eigenvalue weighted by molar-refractivity contribution is 6.30. The van der Waals surface area contributed by atoms with Gasteiger partial charge in [-0.1, -0.05) is 11.6 Å². The first-order valence-corrected chi connectivity index (χ1v) is 6.23. The molecule has 0 unspecified atom stereocenters. The zero-order chi connectivity index (χ0) is 14.0. The maximum atomic E-state index is 9.83. The number of halogens is 1. The predicted molar refractivity (Wildman–Crippen MR) is 68.8 cm³/mol. The van der Waals surface area contributed by atoms with Crippen LogP contribution >= 0.6 is 11.6 Å². The third kappa shape index (κ3) is 3.17. The molecule has 0 radical (unpaired) electrons. The highest BCUT2D eigenvalue weighted by atomic mass is 35.5. The third-order valence-corrected chi connectivity index (χ3v) is 3.30. The lowest BCUT2D eigenvalue weighted by Gasteiger charge is -2.40. The van der Waals surface area contributed by atoms with Crippen molar-refractivity contribution in [1.82, 2.24) is 0 Å². The minimum atomic E-state index is -1.39. The van der Waals surface area contributed by atoms with Crippen LogP contribution < -0.4 is 5.32 Å². The van der Waals surface area contributed by atoms with Crippen LogP contribution in [0.5, 0.6) is 0 Å². The maximum absolute atomic E-state index is 9.83. The number of hydrogen-bond donors (Lipinski definition) is 5. The fourth-order valence-corrected chi connectivity index (χ4v) is 2.06. The van der Waals surface area contributed by atoms with E-state index >= 15 is 0 Å². The molecule has 0 spiro atoms. The molecule has 6 nitrogen and oxygen atoms in total. The van der Waals surface area contributed by atoms with Gasteiger partial charge in [-0.25, -0.2) is 0 Å². The lowest BCUT2D eigenvalue weighted by atomic mass is 9.98. The first kappa shape index (κ1) is 14.5. The monoisotopic (exact) mass is 289 g/mol. The number of benzene rings is 1. The van der Waals surface area contributed by atoms with E-state index in [1.54, 1.807) is 24.3 Å². The van der Waals surface area contributed by atoms with Gasteiger partial charge in [-0.05, 0) is 24.3 Å². The molecule has 0 aromatic heterocycles. The standard InChI is InChI=1S/C12H16ClNO5/c13-6-1-3-7(4-2-6)14-12-11(18)10(17)9(16)8(5-15)19-12/h1-4,8-12,14-18H,5H2/t8-,9-,10+,11-,12-/m1/s1. The highest BCUT2D eigenvalue weighted by Gasteiger charge is 2.43. The minimum absolute atomic E-state index is 0.455. The number of nitrogens with one attached hydrogen (secondary N) is 1. The van der Waals surface area contributed by atoms with Crippen molar-refractivity contribution in [2.24, 2.45) is 0 Å². The quantitative estimate of drug-likeness (QED) is 0.517. The fraction of sp³-hybridized carbons (Fsp3) is 0.500. The molecule has 106 valence electrons. The number of ether oxygens (including phenoxy) is 1. The molecule has 19 heavy (non-hydrogen) atoms. The van der Waals surface area contributed by atoms with Crippen LogP contribution in [0.3, 0.4) is 0 Å². The van der Waals surface area contributed by atoms with Crippen LogP contribution in [0.15, 0.2) is 24.3 Å². The second-order valence-electron chi connectivity index (χ2n) is 4.40. The Morgan fingerprint density at radius 3 is 2.26 bits per heavy atom. The molecule has 1 aliphatic heterocycles. The van der Waals surface area contributed by atoms with E-state index in [9.17, 15) is 15.3 Å². The summed E-state index contributed by atoms with van der Waals surface area (Å²) in [6, 6.07) is 6.69. The second-order valence-corrected chi connectivity index (χ2v) is 4.84. The molecule has 7 heteroatoms. The SMILES string of the molecule is OC[C@H]1O[C@@H](Nc2ccc(Cl)cc2)[C@H](O)[C@@H](O)[C@@H]1O. The number of aliphatic hydroxyl groups is 4. The predicted octanol–water partition coefficient (Wildman–Crippen LogP) is -0.448. The highest BCUT2D eigenvalue weighted by Crippen LogP contribution is 2.23. The zero-order valence-corrected chi connectivity index (χ0v) is 10.7. The fourth-order valence-electron chi connectivity index (χ4n) is 1.93. The molecule has 2 rings (SSSR count). The van der Waals surface area contributed by atoms with Crippen LogP contribution in [0.25, 0.3) is 0 Å². The Kier molecular flexibility index (Phi) is 4.62. The molecule has 1 fully saturated rings. The van der Waals surface area contributed by atoms with Crippen molar-refractivity contribution < 1.29 is 25.2 Å². The van der Waals surface area contributed by atoms with Gasteiger partial charge in [0.05, 0.1) is 6.61 Å². The molecule has 0 amide bonds. The molecule has 1 saturated heterocycles. The summed E-state index contributed by atoms with van der Waals surface area (Å²) in [4.78, 5) is 0. The van der Waals surface area contributed by atoms with Crippen LogP contribution in [-0.2, 0) is 4.74 Å². The minimum Gasteiger partial charge on any atom is -0.394 e. The van der Waals surface area contributed by atoms with Gasteiger partial charge in [-0.2, -0.15) is 0 Å². The van der Waals surface area contributed by atoms with Crippen molar-refractivity contribution in [3.8, 4) is 0 Å². The largest absolute Gasteiger partial charge is 0.394 e. The molecule has 1 heterocycles. The first-order valence-electron chi connectivity index (χ1n) is 5.85. The number of hydrogen-bond acceptors (Lipinski definition) is 6. The Balaban J connectivity index is 2.08. The number of aliphatic hydroxyl groups excluding tert-OH is 4. The van der Waals surface area contributed by atoms with Gasteiger partial charge in [-0.15, -0.1) is 0 Å². The Hall–Kier alpha value is -0.890. The van der Waals surface area contributed by atoms with E-state index in [1.807, 2.05) is 0 Å². The van der Waals surface area contributed by atoms with Gasteiger partial charge in [0.1, 0.15) is 24.4 Å². The Morgan fingerprint density at radius 2 is 1.68 bits per heavy atom. The molecule has 5 N–H and O–H groups in total. The molecule has 0 aliphatic carbocycles. The van der Waals surface area contributed by atoms with E-state index in [-0.39, 0.29) is 0 Å². The van der Waals surface area contributed by atoms with Crippen molar-refractivity contribution >= 4 is 17.3 Å². The maximum Gasteiger partial charge on any atom is 0.157 e. The van der Waals surface area contributed by atoms with Crippen LogP contribution in [-0.4, -0.2) is 57.7 Å². The van der Waals surface area contributed by atoms with E-state index in [0.29, 0.717) is 10.7 Å². The summed E-state index contributed by atoms with van der Waals surface area (Å²) in [6.07, 6.45) is -5.92. The van der Waals surface area contributed by atoms with E-state index in [0.717, 1.165) is 0 Å². The summed E-state index contributed by atoms with van der Waals surface area (Å²) in [7, 11) is 0. The van der Waals surface area contributed by atoms with Gasteiger partial charge in [0.15, 0.2) is 6.23 Å². The summed E-state index contributed by atoms with van der Waals surface area (Å²) in [5.41, 5.74) is 0.633. The van der Waals surface area contributed by atoms with E-state index in [2.05, 4.69) is 5.32 Å². The third-order valence-electron chi connectivity index (χ3n) is 3.05. The Morgan fingerprint density at radius 1 is 1.05 bits per heavy atom. The van der Waals surface area contributed by atoms with Crippen molar-refractivity contribution in [3.63, 3.8) is 0 Å². The molecular formula is C12H16ClNO5. The Labute approximate surface area is 115 Å². The van der Waals surface area contributed by atoms with Crippen LogP contribution in [0.1, 0.15) is 0 Å². The molecule has 0 saturated carbocycles. The van der Waals surface area contributed by atoms with Crippen molar-refractivity contribution in [1.29, 1.82) is 0 Å². The number of anilines is 1. The molecule has 1 aromatic rings. The van der Waals surface area contributed by atoms with Gasteiger partial charge < -0.3 is 30.5 Å². The topological polar surface area (TPSA) is 102 Å². The van der Waals surface area contributed by atoms with Gasteiger partial charge in [0, 0.05) is 10.7 Å². The number of rotatable bonds is 3. The summed E-state index contributed by atoms with van der Waals surface area (Å²) in [5.74, 6) is 0. The second kappa shape index (κ2) is 6.04. The normalized spacial score (nSPS) is 35.1. The van der Waals surface area contributed by atoms with E-state index in [4.69, 9.17) is 21.4 Å². The molecule has 1 aliphatic rings. The van der Waals surface area contributed by atoms with E-state index < -0.39 is 37.3 Å². The molecule has 1 aromatic carbocycles. The van der Waals surface area contributed by atoms with Gasteiger partial charge in [0.2, 0.25) is 0 Å². The molecule has 0 bridgehead atoms. The van der Waals surface area contributed by atoms with Gasteiger partial charge in [-0.3, -0.25) is 0 Å². The lowest BCUT2D eigenvalue weighted by molar-refractivity contribution is -0.221. The van der Waals surface area contributed by atoms with Crippen LogP contribution in [0.4, 0.5) is 5.69 Å². The smallest absolute Gasteiger partial charge is 0.157 e. The summed E-state index contributed by atoms with van der Waals surface area (Å²) in [5, 5.41) is 41.6. The first-order chi connectivity index (χ1) is 9.02. The van der Waals surface area contributed by atoms with Crippen molar-refractivity contribution in [2.75, 3.05) is 11.9 Å². The van der Waals surface area contributed by atoms with Crippen molar-refractivity contribution in [3.05, 3.63) is 29.3 Å². The zero-order valence-electron chi connectivity index (χ0n) is 9.98. The summed E-state index contributed by atoms with van der Waals surface area (Å²) < 4.78 is 5.31. The van der Waals surface area contributed by atoms with Crippen molar-refractivity contribution in [2.45, 2.75) is 30.6 Å². The average molecular weight is 290 g/mol. The average Bonchev–Trinajstić information content (AvgIpc) is 2.42. The molecule has 5 atom stereocenters. The summed E-state index contributed by atoms with van der Waals surface area (Å²) in [6.45, 7) is -0.455. The van der Waals surface area contributed by atoms with Crippen LogP contribution in [0, 0.1) is 0 Å². The Bertz CT molecular complexity index is 413. The van der Waals surface area contributed by atoms with E-state index in [1.165, 1.54) is 0 Å².